The molecule has 0 rings (SSSR count). The highest BCUT2D eigenvalue weighted by atomic mass is 35.5. The number of halogens is 1. The summed E-state index contributed by atoms with van der Waals surface area (Å²) in [5, 5.41) is 0. The van der Waals surface area contributed by atoms with E-state index < -0.39 is 0 Å². The van der Waals surface area contributed by atoms with Crippen LogP contribution in [-0.4, -0.2) is 42.4 Å². The van der Waals surface area contributed by atoms with Gasteiger partial charge in [-0.25, -0.2) is 0 Å². The molecular weight excluding hydrogens is 202 g/mol. The van der Waals surface area contributed by atoms with Gasteiger partial charge in [0.2, 0.25) is 0 Å². The summed E-state index contributed by atoms with van der Waals surface area (Å²) in [7, 11) is 2.20. The molecule has 0 aromatic carbocycles. The molecule has 0 saturated carbocycles. The van der Waals surface area contributed by atoms with E-state index in [2.05, 4.69) is 32.1 Å². The van der Waals surface area contributed by atoms with E-state index in [-0.39, 0.29) is 0 Å². The summed E-state index contributed by atoms with van der Waals surface area (Å²) in [6.07, 6.45) is 3.40. The Morgan fingerprint density at radius 3 is 2.46 bits per heavy atom. The number of thioether (sulfide) groups is 1. The van der Waals surface area contributed by atoms with Crippen molar-refractivity contribution in [2.45, 2.75) is 26.3 Å². The van der Waals surface area contributed by atoms with E-state index in [0.717, 1.165) is 12.4 Å². The summed E-state index contributed by atoms with van der Waals surface area (Å²) in [6.45, 7) is 5.57. The van der Waals surface area contributed by atoms with Gasteiger partial charge in [-0.05, 0) is 25.6 Å². The Morgan fingerprint density at radius 2 is 2.08 bits per heavy atom. The monoisotopic (exact) mass is 223 g/mol. The Morgan fingerprint density at radius 1 is 1.46 bits per heavy atom. The molecule has 0 spiro atoms. The van der Waals surface area contributed by atoms with E-state index in [4.69, 9.17) is 11.6 Å². The maximum Gasteiger partial charge on any atom is 0.0261 e. The standard InChI is InChI=1S/C10H22ClNS/c1-5-10(8-13-4)12(3)7-9(2)6-11/h9-10H,5-8H2,1-4H3. The number of hydrogen-bond donors (Lipinski definition) is 0. The van der Waals surface area contributed by atoms with Gasteiger partial charge in [-0.15, -0.1) is 11.6 Å². The smallest absolute Gasteiger partial charge is 0.0261 e. The molecule has 2 atom stereocenters. The second kappa shape index (κ2) is 7.95. The first kappa shape index (κ1) is 13.6. The number of rotatable bonds is 7. The Balaban J connectivity index is 3.82. The predicted octanol–water partition coefficient (Wildman–Crippen LogP) is 2.93. The lowest BCUT2D eigenvalue weighted by atomic mass is 10.1. The molecule has 0 aromatic rings. The number of hydrogen-bond acceptors (Lipinski definition) is 2. The molecule has 0 aliphatic heterocycles. The Bertz CT molecular complexity index is 121. The minimum absolute atomic E-state index is 0.600. The lowest BCUT2D eigenvalue weighted by molar-refractivity contribution is 0.230. The largest absolute Gasteiger partial charge is 0.302 e. The van der Waals surface area contributed by atoms with Crippen molar-refractivity contribution in [3.8, 4) is 0 Å². The third-order valence-corrected chi connectivity index (χ3v) is 3.56. The van der Waals surface area contributed by atoms with Crippen LogP contribution in [-0.2, 0) is 0 Å². The summed E-state index contributed by atoms with van der Waals surface area (Å²) in [5.41, 5.74) is 0. The summed E-state index contributed by atoms with van der Waals surface area (Å²) in [5.74, 6) is 2.59. The summed E-state index contributed by atoms with van der Waals surface area (Å²) >= 11 is 7.71. The quantitative estimate of drug-likeness (QED) is 0.611. The average molecular weight is 224 g/mol. The maximum atomic E-state index is 5.79. The molecule has 0 bridgehead atoms. The third-order valence-electron chi connectivity index (χ3n) is 2.32. The first-order valence-corrected chi connectivity index (χ1v) is 6.83. The first-order valence-electron chi connectivity index (χ1n) is 4.90. The molecule has 0 aliphatic rings. The van der Waals surface area contributed by atoms with Crippen LogP contribution < -0.4 is 0 Å². The second-order valence-corrected chi connectivity index (χ2v) is 4.94. The Kier molecular flexibility index (Phi) is 8.32. The molecule has 1 nitrogen and oxygen atoms in total. The molecule has 13 heavy (non-hydrogen) atoms. The molecule has 0 heterocycles. The van der Waals surface area contributed by atoms with E-state index in [1.807, 2.05) is 11.8 Å². The van der Waals surface area contributed by atoms with Gasteiger partial charge in [-0.3, -0.25) is 0 Å². The van der Waals surface area contributed by atoms with Crippen molar-refractivity contribution in [3.05, 3.63) is 0 Å². The molecule has 0 saturated heterocycles. The highest BCUT2D eigenvalue weighted by Crippen LogP contribution is 2.10. The molecule has 0 aromatic heterocycles. The van der Waals surface area contributed by atoms with Crippen LogP contribution in [0, 0.1) is 5.92 Å². The van der Waals surface area contributed by atoms with Crippen LogP contribution >= 0.6 is 23.4 Å². The van der Waals surface area contributed by atoms with Crippen molar-refractivity contribution >= 4 is 23.4 Å². The van der Waals surface area contributed by atoms with E-state index >= 15 is 0 Å². The molecule has 0 fully saturated rings. The van der Waals surface area contributed by atoms with Crippen molar-refractivity contribution in [1.29, 1.82) is 0 Å². The van der Waals surface area contributed by atoms with Gasteiger partial charge in [0.1, 0.15) is 0 Å². The zero-order valence-corrected chi connectivity index (χ0v) is 10.8. The fourth-order valence-electron chi connectivity index (χ4n) is 1.44. The van der Waals surface area contributed by atoms with Crippen LogP contribution in [0.5, 0.6) is 0 Å². The molecule has 0 radical (unpaired) electrons. The zero-order chi connectivity index (χ0) is 10.3. The highest BCUT2D eigenvalue weighted by molar-refractivity contribution is 7.98. The van der Waals surface area contributed by atoms with Gasteiger partial charge in [0.15, 0.2) is 0 Å². The van der Waals surface area contributed by atoms with E-state index in [0.29, 0.717) is 12.0 Å². The molecule has 0 amide bonds. The second-order valence-electron chi connectivity index (χ2n) is 3.72. The van der Waals surface area contributed by atoms with Gasteiger partial charge in [0.25, 0.3) is 0 Å². The number of alkyl halides is 1. The first-order chi connectivity index (χ1) is 6.15. The van der Waals surface area contributed by atoms with Crippen LogP contribution in [0.25, 0.3) is 0 Å². The van der Waals surface area contributed by atoms with E-state index in [1.54, 1.807) is 0 Å². The Labute approximate surface area is 92.2 Å². The van der Waals surface area contributed by atoms with Gasteiger partial charge >= 0.3 is 0 Å². The summed E-state index contributed by atoms with van der Waals surface area (Å²) in [6, 6.07) is 0.709. The van der Waals surface area contributed by atoms with Gasteiger partial charge in [0.05, 0.1) is 0 Å². The molecule has 2 unspecified atom stereocenters. The van der Waals surface area contributed by atoms with Crippen LogP contribution in [0.15, 0.2) is 0 Å². The minimum Gasteiger partial charge on any atom is -0.302 e. The number of nitrogens with zero attached hydrogens (tertiary/aromatic N) is 1. The molecule has 80 valence electrons. The van der Waals surface area contributed by atoms with Crippen molar-refractivity contribution in [2.24, 2.45) is 5.92 Å². The van der Waals surface area contributed by atoms with Crippen LogP contribution in [0.3, 0.4) is 0 Å². The van der Waals surface area contributed by atoms with Crippen LogP contribution in [0.2, 0.25) is 0 Å². The molecule has 3 heteroatoms. The van der Waals surface area contributed by atoms with Crippen molar-refractivity contribution in [1.82, 2.24) is 4.90 Å². The topological polar surface area (TPSA) is 3.24 Å². The summed E-state index contributed by atoms with van der Waals surface area (Å²) < 4.78 is 0. The van der Waals surface area contributed by atoms with Crippen molar-refractivity contribution in [2.75, 3.05) is 31.5 Å². The fraction of sp³-hybridized carbons (Fsp3) is 1.00. The summed E-state index contributed by atoms with van der Waals surface area (Å²) in [4.78, 5) is 2.43. The molecular formula is C10H22ClNS. The Hall–Kier alpha value is 0.600. The zero-order valence-electron chi connectivity index (χ0n) is 9.22. The lowest BCUT2D eigenvalue weighted by Crippen LogP contribution is -2.36. The van der Waals surface area contributed by atoms with E-state index in [9.17, 15) is 0 Å². The van der Waals surface area contributed by atoms with Crippen molar-refractivity contribution in [3.63, 3.8) is 0 Å². The fourth-order valence-corrected chi connectivity index (χ4v) is 2.41. The third kappa shape index (κ3) is 5.82. The molecule has 0 N–H and O–H groups in total. The van der Waals surface area contributed by atoms with Gasteiger partial charge in [-0.1, -0.05) is 13.8 Å². The van der Waals surface area contributed by atoms with Crippen LogP contribution in [0.1, 0.15) is 20.3 Å². The van der Waals surface area contributed by atoms with Crippen LogP contribution in [0.4, 0.5) is 0 Å². The van der Waals surface area contributed by atoms with Gasteiger partial charge in [0, 0.05) is 24.2 Å². The SMILES string of the molecule is CCC(CSC)N(C)CC(C)CCl. The van der Waals surface area contributed by atoms with Gasteiger partial charge < -0.3 is 4.90 Å². The normalized spacial score (nSPS) is 16.2. The van der Waals surface area contributed by atoms with Gasteiger partial charge in [-0.2, -0.15) is 11.8 Å². The predicted molar refractivity (Wildman–Crippen MR) is 65.0 cm³/mol. The highest BCUT2D eigenvalue weighted by Gasteiger charge is 2.13. The van der Waals surface area contributed by atoms with Crippen molar-refractivity contribution < 1.29 is 0 Å². The maximum absolute atomic E-state index is 5.79. The molecule has 0 aliphatic carbocycles. The minimum atomic E-state index is 0.600. The average Bonchev–Trinajstić information content (AvgIpc) is 2.13. The lowest BCUT2D eigenvalue weighted by Gasteiger charge is -2.28. The van der Waals surface area contributed by atoms with E-state index in [1.165, 1.54) is 12.2 Å².